The van der Waals surface area contributed by atoms with Gasteiger partial charge in [0.15, 0.2) is 0 Å². The lowest BCUT2D eigenvalue weighted by Crippen LogP contribution is -2.67. The monoisotopic (exact) mass is 237 g/mol. The second-order valence-electron chi connectivity index (χ2n) is 9.29. The standard InChI is InChI=1S/C16H31N/c1-13(2,3)8-16(14(4,5)6)9-15(10-16)11-17(7)12-15/h8-12H2,1-7H3. The fourth-order valence-electron chi connectivity index (χ4n) is 4.64. The summed E-state index contributed by atoms with van der Waals surface area (Å²) in [6, 6.07) is 0. The summed E-state index contributed by atoms with van der Waals surface area (Å²) in [4.78, 5) is 2.48. The van der Waals surface area contributed by atoms with Crippen molar-refractivity contribution in [1.29, 1.82) is 0 Å². The van der Waals surface area contributed by atoms with E-state index >= 15 is 0 Å². The maximum Gasteiger partial charge on any atom is 0.00478 e. The topological polar surface area (TPSA) is 3.24 Å². The summed E-state index contributed by atoms with van der Waals surface area (Å²) < 4.78 is 0. The van der Waals surface area contributed by atoms with Crippen LogP contribution in [0, 0.1) is 21.7 Å². The third kappa shape index (κ3) is 2.28. The molecule has 1 heterocycles. The predicted molar refractivity (Wildman–Crippen MR) is 75.1 cm³/mol. The lowest BCUT2D eigenvalue weighted by Gasteiger charge is -2.69. The normalized spacial score (nSPS) is 27.7. The van der Waals surface area contributed by atoms with Crippen LogP contribution in [0.25, 0.3) is 0 Å². The molecule has 17 heavy (non-hydrogen) atoms. The Balaban J connectivity index is 2.09. The molecule has 1 heteroatoms. The van der Waals surface area contributed by atoms with Gasteiger partial charge >= 0.3 is 0 Å². The number of nitrogens with zero attached hydrogens (tertiary/aromatic N) is 1. The highest BCUT2D eigenvalue weighted by molar-refractivity contribution is 5.14. The molecule has 1 saturated heterocycles. The van der Waals surface area contributed by atoms with Gasteiger partial charge in [0.1, 0.15) is 0 Å². The van der Waals surface area contributed by atoms with Gasteiger partial charge in [0, 0.05) is 13.1 Å². The quantitative estimate of drug-likeness (QED) is 0.661. The molecule has 0 aromatic carbocycles. The summed E-state index contributed by atoms with van der Waals surface area (Å²) in [6.45, 7) is 17.2. The van der Waals surface area contributed by atoms with E-state index in [0.29, 0.717) is 21.7 Å². The van der Waals surface area contributed by atoms with Gasteiger partial charge < -0.3 is 4.90 Å². The lowest BCUT2D eigenvalue weighted by atomic mass is 9.40. The maximum atomic E-state index is 2.48. The first kappa shape index (κ1) is 13.4. The molecule has 1 aliphatic carbocycles. The van der Waals surface area contributed by atoms with Crippen molar-refractivity contribution in [3.8, 4) is 0 Å². The van der Waals surface area contributed by atoms with Crippen molar-refractivity contribution in [1.82, 2.24) is 4.90 Å². The summed E-state index contributed by atoms with van der Waals surface area (Å²) in [5.41, 5.74) is 2.21. The molecule has 1 aliphatic heterocycles. The van der Waals surface area contributed by atoms with Gasteiger partial charge in [-0.05, 0) is 48.0 Å². The van der Waals surface area contributed by atoms with E-state index in [1.165, 1.54) is 32.4 Å². The van der Waals surface area contributed by atoms with E-state index in [0.717, 1.165) is 0 Å². The number of rotatable bonds is 1. The molecule has 0 N–H and O–H groups in total. The number of likely N-dealkylation sites (tertiary alicyclic amines) is 1. The molecule has 0 unspecified atom stereocenters. The summed E-state index contributed by atoms with van der Waals surface area (Å²) in [6.07, 6.45) is 4.31. The van der Waals surface area contributed by atoms with Crippen LogP contribution in [0.1, 0.15) is 60.8 Å². The fourth-order valence-corrected chi connectivity index (χ4v) is 4.64. The van der Waals surface area contributed by atoms with Crippen molar-refractivity contribution >= 4 is 0 Å². The van der Waals surface area contributed by atoms with Crippen LogP contribution in [0.3, 0.4) is 0 Å². The van der Waals surface area contributed by atoms with Gasteiger partial charge in [-0.2, -0.15) is 0 Å². The molecule has 1 nitrogen and oxygen atoms in total. The van der Waals surface area contributed by atoms with Crippen LogP contribution in [0.4, 0.5) is 0 Å². The molecule has 100 valence electrons. The Morgan fingerprint density at radius 2 is 1.41 bits per heavy atom. The van der Waals surface area contributed by atoms with E-state index in [9.17, 15) is 0 Å². The number of hydrogen-bond donors (Lipinski definition) is 0. The van der Waals surface area contributed by atoms with Crippen LogP contribution in [0.2, 0.25) is 0 Å². The summed E-state index contributed by atoms with van der Waals surface area (Å²) >= 11 is 0. The largest absolute Gasteiger partial charge is 0.305 e. The molecule has 0 amide bonds. The van der Waals surface area contributed by atoms with Crippen molar-refractivity contribution < 1.29 is 0 Å². The first-order valence-electron chi connectivity index (χ1n) is 7.16. The first-order chi connectivity index (χ1) is 7.47. The molecule has 0 radical (unpaired) electrons. The Hall–Kier alpha value is -0.0400. The molecule has 0 atom stereocenters. The van der Waals surface area contributed by atoms with Crippen LogP contribution in [0.5, 0.6) is 0 Å². The molecule has 2 rings (SSSR count). The van der Waals surface area contributed by atoms with Gasteiger partial charge in [-0.15, -0.1) is 0 Å². The van der Waals surface area contributed by atoms with E-state index in [1.54, 1.807) is 0 Å². The zero-order chi connectivity index (χ0) is 13.1. The Labute approximate surface area is 108 Å². The average Bonchev–Trinajstić information content (AvgIpc) is 1.91. The van der Waals surface area contributed by atoms with Crippen molar-refractivity contribution in [2.75, 3.05) is 20.1 Å². The second-order valence-corrected chi connectivity index (χ2v) is 9.29. The van der Waals surface area contributed by atoms with E-state index in [1.807, 2.05) is 0 Å². The van der Waals surface area contributed by atoms with Gasteiger partial charge in [-0.25, -0.2) is 0 Å². The summed E-state index contributed by atoms with van der Waals surface area (Å²) in [7, 11) is 2.26. The van der Waals surface area contributed by atoms with Gasteiger partial charge in [-0.1, -0.05) is 41.5 Å². The molecule has 1 saturated carbocycles. The Morgan fingerprint density at radius 1 is 0.941 bits per heavy atom. The minimum absolute atomic E-state index is 0.458. The molecule has 2 fully saturated rings. The van der Waals surface area contributed by atoms with Crippen molar-refractivity contribution in [2.45, 2.75) is 60.8 Å². The van der Waals surface area contributed by atoms with Crippen molar-refractivity contribution in [3.05, 3.63) is 0 Å². The Kier molecular flexibility index (Phi) is 2.75. The summed E-state index contributed by atoms with van der Waals surface area (Å²) in [5.74, 6) is 0. The lowest BCUT2D eigenvalue weighted by molar-refractivity contribution is -0.192. The molecular weight excluding hydrogens is 206 g/mol. The minimum Gasteiger partial charge on any atom is -0.305 e. The van der Waals surface area contributed by atoms with E-state index in [2.05, 4.69) is 53.5 Å². The average molecular weight is 237 g/mol. The van der Waals surface area contributed by atoms with Gasteiger partial charge in [0.2, 0.25) is 0 Å². The predicted octanol–water partition coefficient (Wildman–Crippen LogP) is 4.18. The van der Waals surface area contributed by atoms with Crippen LogP contribution < -0.4 is 0 Å². The van der Waals surface area contributed by atoms with E-state index in [-0.39, 0.29) is 0 Å². The minimum atomic E-state index is 0.458. The molecule has 1 spiro atoms. The van der Waals surface area contributed by atoms with Gasteiger partial charge in [-0.3, -0.25) is 0 Å². The van der Waals surface area contributed by atoms with Crippen LogP contribution in [0.15, 0.2) is 0 Å². The molecular formula is C16H31N. The van der Waals surface area contributed by atoms with Crippen molar-refractivity contribution in [3.63, 3.8) is 0 Å². The number of hydrogen-bond acceptors (Lipinski definition) is 1. The molecule has 0 bridgehead atoms. The smallest absolute Gasteiger partial charge is 0.00478 e. The highest BCUT2D eigenvalue weighted by Gasteiger charge is 2.63. The van der Waals surface area contributed by atoms with Gasteiger partial charge in [0.25, 0.3) is 0 Å². The molecule has 0 aromatic rings. The Morgan fingerprint density at radius 3 is 1.71 bits per heavy atom. The SMILES string of the molecule is CN1CC2(C1)CC(CC(C)(C)C)(C(C)(C)C)C2. The van der Waals surface area contributed by atoms with Crippen LogP contribution in [-0.2, 0) is 0 Å². The van der Waals surface area contributed by atoms with Crippen molar-refractivity contribution in [2.24, 2.45) is 21.7 Å². The second kappa shape index (κ2) is 3.50. The zero-order valence-corrected chi connectivity index (χ0v) is 13.0. The third-order valence-electron chi connectivity index (χ3n) is 5.10. The highest BCUT2D eigenvalue weighted by atomic mass is 15.2. The van der Waals surface area contributed by atoms with E-state index < -0.39 is 0 Å². The summed E-state index contributed by atoms with van der Waals surface area (Å²) in [5, 5.41) is 0. The van der Waals surface area contributed by atoms with Crippen LogP contribution >= 0.6 is 0 Å². The third-order valence-corrected chi connectivity index (χ3v) is 5.10. The zero-order valence-electron chi connectivity index (χ0n) is 13.0. The first-order valence-corrected chi connectivity index (χ1v) is 7.16. The molecule has 0 aromatic heterocycles. The molecule has 2 aliphatic rings. The van der Waals surface area contributed by atoms with Gasteiger partial charge in [0.05, 0.1) is 0 Å². The highest BCUT2D eigenvalue weighted by Crippen LogP contribution is 2.68. The Bertz CT molecular complexity index is 288. The van der Waals surface area contributed by atoms with E-state index in [4.69, 9.17) is 0 Å². The fraction of sp³-hybridized carbons (Fsp3) is 1.00. The van der Waals surface area contributed by atoms with Crippen LogP contribution in [-0.4, -0.2) is 25.0 Å². The maximum absolute atomic E-state index is 2.48.